The Bertz CT molecular complexity index is 505. The summed E-state index contributed by atoms with van der Waals surface area (Å²) >= 11 is 2.04. The molecule has 0 aliphatic rings. The van der Waals surface area contributed by atoms with Crippen molar-refractivity contribution in [2.75, 3.05) is 18.9 Å². The summed E-state index contributed by atoms with van der Waals surface area (Å²) in [6.07, 6.45) is 0.988. The number of anilines is 1. The highest BCUT2D eigenvalue weighted by atomic mass is 127. The minimum absolute atomic E-state index is 0.0992. The maximum Gasteiger partial charge on any atom is 0.337 e. The molecule has 1 aromatic rings. The average molecular weight is 390 g/mol. The predicted octanol–water partition coefficient (Wildman–Crippen LogP) is 3.50. The Labute approximate surface area is 132 Å². The molecular weight excluding hydrogens is 371 g/mol. The summed E-state index contributed by atoms with van der Waals surface area (Å²) in [6.45, 7) is 4.77. The number of hydrogen-bond acceptors (Lipinski definition) is 2. The topological polar surface area (TPSA) is 69.6 Å². The Morgan fingerprint density at radius 2 is 2.10 bits per heavy atom. The van der Waals surface area contributed by atoms with E-state index < -0.39 is 5.97 Å². The van der Waals surface area contributed by atoms with Crippen LogP contribution < -0.4 is 5.32 Å². The van der Waals surface area contributed by atoms with Gasteiger partial charge in [-0.05, 0) is 46.7 Å². The maximum absolute atomic E-state index is 12.0. The summed E-state index contributed by atoms with van der Waals surface area (Å²) in [5.41, 5.74) is 0.418. The van der Waals surface area contributed by atoms with Crippen LogP contribution in [0.15, 0.2) is 18.2 Å². The molecule has 1 aromatic carbocycles. The van der Waals surface area contributed by atoms with Crippen molar-refractivity contribution in [2.24, 2.45) is 5.92 Å². The zero-order valence-electron chi connectivity index (χ0n) is 11.8. The number of carboxylic acid groups (broad SMARTS) is 1. The van der Waals surface area contributed by atoms with E-state index in [0.717, 1.165) is 9.99 Å². The van der Waals surface area contributed by atoms with Crippen molar-refractivity contribution in [3.8, 4) is 0 Å². The van der Waals surface area contributed by atoms with Gasteiger partial charge in [0.25, 0.3) is 0 Å². The fourth-order valence-corrected chi connectivity index (χ4v) is 2.18. The number of hydrogen-bond donors (Lipinski definition) is 2. The quantitative estimate of drug-likeness (QED) is 0.757. The zero-order chi connectivity index (χ0) is 15.3. The predicted molar refractivity (Wildman–Crippen MR) is 87.2 cm³/mol. The van der Waals surface area contributed by atoms with Gasteiger partial charge in [-0.2, -0.15) is 0 Å². The molecular formula is C14H19IN2O3. The molecule has 0 fully saturated rings. The smallest absolute Gasteiger partial charge is 0.337 e. The molecule has 20 heavy (non-hydrogen) atoms. The van der Waals surface area contributed by atoms with E-state index in [0.29, 0.717) is 18.2 Å². The number of aromatic carboxylic acids is 1. The van der Waals surface area contributed by atoms with E-state index in [4.69, 9.17) is 5.11 Å². The molecule has 0 spiro atoms. The van der Waals surface area contributed by atoms with E-state index in [9.17, 15) is 9.59 Å². The molecule has 0 aliphatic carbocycles. The molecule has 0 saturated heterocycles. The summed E-state index contributed by atoms with van der Waals surface area (Å²) in [5.74, 6) is -0.648. The lowest BCUT2D eigenvalue weighted by Gasteiger charge is -2.21. The summed E-state index contributed by atoms with van der Waals surface area (Å²) in [7, 11) is 1.70. The van der Waals surface area contributed by atoms with Gasteiger partial charge in [-0.3, -0.25) is 0 Å². The van der Waals surface area contributed by atoms with E-state index in [1.165, 1.54) is 6.07 Å². The lowest BCUT2D eigenvalue weighted by Crippen LogP contribution is -2.35. The summed E-state index contributed by atoms with van der Waals surface area (Å²) < 4.78 is 0.811. The number of benzene rings is 1. The molecule has 2 N–H and O–H groups in total. The number of amides is 2. The lowest BCUT2D eigenvalue weighted by molar-refractivity contribution is 0.0698. The van der Waals surface area contributed by atoms with E-state index in [1.54, 1.807) is 24.1 Å². The van der Waals surface area contributed by atoms with E-state index in [2.05, 4.69) is 19.2 Å². The molecule has 0 radical (unpaired) electrons. The van der Waals surface area contributed by atoms with Crippen LogP contribution in [0.25, 0.3) is 0 Å². The minimum atomic E-state index is -1.05. The molecule has 110 valence electrons. The first-order valence-electron chi connectivity index (χ1n) is 6.40. The summed E-state index contributed by atoms with van der Waals surface area (Å²) in [4.78, 5) is 24.8. The van der Waals surface area contributed by atoms with Crippen LogP contribution in [-0.4, -0.2) is 35.6 Å². The van der Waals surface area contributed by atoms with Crippen LogP contribution in [0.2, 0.25) is 0 Å². The molecule has 0 saturated carbocycles. The standard InChI is InChI=1S/C14H19IN2O3/c1-4-9(2)8-17(3)14(20)16-12-6-5-10(15)7-11(12)13(18)19/h5-7,9H,4,8H2,1-3H3,(H,16,20)(H,18,19). The van der Waals surface area contributed by atoms with Gasteiger partial charge in [0.1, 0.15) is 0 Å². The van der Waals surface area contributed by atoms with Gasteiger partial charge in [0.05, 0.1) is 11.3 Å². The Balaban J connectivity index is 2.83. The second kappa shape index (κ2) is 7.47. The van der Waals surface area contributed by atoms with Crippen molar-refractivity contribution in [2.45, 2.75) is 20.3 Å². The SMILES string of the molecule is CCC(C)CN(C)C(=O)Nc1ccc(I)cc1C(=O)O. The monoisotopic (exact) mass is 390 g/mol. The van der Waals surface area contributed by atoms with Crippen LogP contribution in [0.1, 0.15) is 30.6 Å². The highest BCUT2D eigenvalue weighted by molar-refractivity contribution is 14.1. The van der Waals surface area contributed by atoms with Crippen molar-refractivity contribution < 1.29 is 14.7 Å². The highest BCUT2D eigenvalue weighted by Crippen LogP contribution is 2.19. The van der Waals surface area contributed by atoms with Crippen LogP contribution in [0.5, 0.6) is 0 Å². The normalized spacial score (nSPS) is 11.8. The lowest BCUT2D eigenvalue weighted by atomic mass is 10.1. The van der Waals surface area contributed by atoms with Gasteiger partial charge in [0.2, 0.25) is 0 Å². The number of nitrogens with zero attached hydrogens (tertiary/aromatic N) is 1. The maximum atomic E-state index is 12.0. The third kappa shape index (κ3) is 4.66. The zero-order valence-corrected chi connectivity index (χ0v) is 14.0. The molecule has 0 aromatic heterocycles. The molecule has 1 atom stereocenters. The molecule has 0 aliphatic heterocycles. The largest absolute Gasteiger partial charge is 0.478 e. The number of carbonyl (C=O) groups excluding carboxylic acids is 1. The van der Waals surface area contributed by atoms with Crippen molar-refractivity contribution in [3.63, 3.8) is 0 Å². The third-order valence-corrected chi connectivity index (χ3v) is 3.75. The number of rotatable bonds is 5. The highest BCUT2D eigenvalue weighted by Gasteiger charge is 2.16. The van der Waals surface area contributed by atoms with Crippen LogP contribution in [0, 0.1) is 9.49 Å². The summed E-state index contributed by atoms with van der Waals surface area (Å²) in [5, 5.41) is 11.8. The van der Waals surface area contributed by atoms with Crippen LogP contribution in [0.3, 0.4) is 0 Å². The van der Waals surface area contributed by atoms with Gasteiger partial charge in [0.15, 0.2) is 0 Å². The number of carboxylic acids is 1. The Morgan fingerprint density at radius 1 is 1.45 bits per heavy atom. The Morgan fingerprint density at radius 3 is 2.65 bits per heavy atom. The fraction of sp³-hybridized carbons (Fsp3) is 0.429. The molecule has 1 unspecified atom stereocenters. The van der Waals surface area contributed by atoms with Crippen LogP contribution in [0.4, 0.5) is 10.5 Å². The van der Waals surface area contributed by atoms with Crippen LogP contribution >= 0.6 is 22.6 Å². The Kier molecular flexibility index (Phi) is 6.25. The molecule has 6 heteroatoms. The second-order valence-electron chi connectivity index (χ2n) is 4.82. The molecule has 1 rings (SSSR count). The molecule has 0 heterocycles. The van der Waals surface area contributed by atoms with Gasteiger partial charge in [0, 0.05) is 17.2 Å². The molecule has 5 nitrogen and oxygen atoms in total. The number of carbonyl (C=O) groups is 2. The van der Waals surface area contributed by atoms with Crippen molar-refractivity contribution in [3.05, 3.63) is 27.3 Å². The first-order chi connectivity index (χ1) is 9.35. The van der Waals surface area contributed by atoms with Gasteiger partial charge >= 0.3 is 12.0 Å². The van der Waals surface area contributed by atoms with Gasteiger partial charge in [-0.15, -0.1) is 0 Å². The van der Waals surface area contributed by atoms with E-state index in [1.807, 2.05) is 22.6 Å². The van der Waals surface area contributed by atoms with Gasteiger partial charge in [-0.1, -0.05) is 20.3 Å². The van der Waals surface area contributed by atoms with Crippen LogP contribution in [-0.2, 0) is 0 Å². The first kappa shape index (κ1) is 16.7. The average Bonchev–Trinajstić information content (AvgIpc) is 2.40. The number of halogens is 1. The molecule has 2 amide bonds. The number of nitrogens with one attached hydrogen (secondary N) is 1. The van der Waals surface area contributed by atoms with Gasteiger partial charge < -0.3 is 15.3 Å². The van der Waals surface area contributed by atoms with Crippen molar-refractivity contribution in [1.82, 2.24) is 4.90 Å². The third-order valence-electron chi connectivity index (χ3n) is 3.08. The van der Waals surface area contributed by atoms with E-state index in [-0.39, 0.29) is 11.6 Å². The second-order valence-corrected chi connectivity index (χ2v) is 6.06. The fourth-order valence-electron chi connectivity index (χ4n) is 1.69. The molecule has 0 bridgehead atoms. The minimum Gasteiger partial charge on any atom is -0.478 e. The van der Waals surface area contributed by atoms with Gasteiger partial charge in [-0.25, -0.2) is 9.59 Å². The van der Waals surface area contributed by atoms with Crippen molar-refractivity contribution >= 4 is 40.3 Å². The first-order valence-corrected chi connectivity index (χ1v) is 7.48. The Hall–Kier alpha value is -1.31. The van der Waals surface area contributed by atoms with E-state index >= 15 is 0 Å². The van der Waals surface area contributed by atoms with Crippen molar-refractivity contribution in [1.29, 1.82) is 0 Å². The summed E-state index contributed by atoms with van der Waals surface area (Å²) in [6, 6.07) is 4.61. The number of urea groups is 1.